The van der Waals surface area contributed by atoms with Gasteiger partial charge in [-0.2, -0.15) is 0 Å². The number of fused-ring (bicyclic) bond motifs is 8. The van der Waals surface area contributed by atoms with E-state index in [4.69, 9.17) is 14.5 Å². The minimum atomic E-state index is -0.565. The van der Waals surface area contributed by atoms with Crippen molar-refractivity contribution in [2.45, 2.75) is 24.7 Å². The summed E-state index contributed by atoms with van der Waals surface area (Å²) in [6.07, 6.45) is 0. The summed E-state index contributed by atoms with van der Waals surface area (Å²) >= 11 is 0. The first-order valence-corrected chi connectivity index (χ1v) is 22.8. The van der Waals surface area contributed by atoms with E-state index in [0.29, 0.717) is 23.0 Å². The molecule has 0 saturated carbocycles. The Kier molecular flexibility index (Phi) is 8.47. The van der Waals surface area contributed by atoms with E-state index in [1.54, 1.807) is 0 Å². The van der Waals surface area contributed by atoms with Crippen molar-refractivity contribution in [3.8, 4) is 90.0 Å². The maximum absolute atomic E-state index is 7.17. The van der Waals surface area contributed by atoms with Crippen LogP contribution in [0.4, 0.5) is 0 Å². The molecule has 0 N–H and O–H groups in total. The van der Waals surface area contributed by atoms with Crippen LogP contribution in [0.2, 0.25) is 0 Å². The molecule has 0 spiro atoms. The Morgan fingerprint density at radius 3 is 1.61 bits per heavy atom. The fraction of sp³-hybridized carbons (Fsp3) is 0.0635. The number of rotatable bonds is 6. The second-order valence-corrected chi connectivity index (χ2v) is 18.2. The molecule has 2 aliphatic carbocycles. The molecule has 0 fully saturated rings. The monoisotopic (exact) mass is 845 g/mol. The van der Waals surface area contributed by atoms with Gasteiger partial charge in [-0.1, -0.05) is 202 Å². The zero-order valence-corrected chi connectivity index (χ0v) is 36.6. The van der Waals surface area contributed by atoms with Gasteiger partial charge < -0.3 is 9.47 Å². The minimum Gasteiger partial charge on any atom is -0.449 e. The molecule has 1 aromatic heterocycles. The topological polar surface area (TPSA) is 31.4 Å². The first-order valence-electron chi connectivity index (χ1n) is 22.8. The molecule has 312 valence electrons. The number of ether oxygens (including phenoxy) is 2. The minimum absolute atomic E-state index is 0.117. The predicted octanol–water partition coefficient (Wildman–Crippen LogP) is 16.3. The predicted molar refractivity (Wildman–Crippen MR) is 267 cm³/mol. The summed E-state index contributed by atoms with van der Waals surface area (Å²) in [7, 11) is 0. The Morgan fingerprint density at radius 1 is 0.318 bits per heavy atom. The van der Waals surface area contributed by atoms with Crippen LogP contribution in [-0.2, 0) is 10.8 Å². The lowest BCUT2D eigenvalue weighted by molar-refractivity contribution is 0.360. The van der Waals surface area contributed by atoms with Crippen molar-refractivity contribution in [2.24, 2.45) is 0 Å². The van der Waals surface area contributed by atoms with Crippen LogP contribution in [0.25, 0.3) is 67.0 Å². The molecule has 0 amide bonds. The molecular formula is C63H43NO2. The standard InChI is InChI=1S/C63H43NO2/c1-62(2)52-30-16-14-26-46(52)48-34-33-41(35-54(48)62)42-36-56(40-19-6-3-7-20-40)64-57(37-42)49-28-13-12-25-45(49)50-29-18-32-58-61(50)66-60-39-55-51(38-59(60)65-58)47-27-15-17-31-53(47)63(55,43-21-8-4-9-22-43)44-23-10-5-11-24-44/h3-39H,1-2H3. The van der Waals surface area contributed by atoms with Crippen molar-refractivity contribution in [1.29, 1.82) is 0 Å². The number of benzene rings is 9. The van der Waals surface area contributed by atoms with E-state index in [-0.39, 0.29) is 5.41 Å². The van der Waals surface area contributed by atoms with Gasteiger partial charge in [0.2, 0.25) is 0 Å². The molecule has 0 atom stereocenters. The molecule has 10 aromatic rings. The highest BCUT2D eigenvalue weighted by molar-refractivity contribution is 5.92. The summed E-state index contributed by atoms with van der Waals surface area (Å²) in [5.74, 6) is 2.73. The lowest BCUT2D eigenvalue weighted by Gasteiger charge is -2.34. The van der Waals surface area contributed by atoms with Crippen LogP contribution in [0.3, 0.4) is 0 Å². The maximum Gasteiger partial charge on any atom is 0.177 e. The van der Waals surface area contributed by atoms with E-state index in [0.717, 1.165) is 55.9 Å². The van der Waals surface area contributed by atoms with Crippen molar-refractivity contribution < 1.29 is 9.47 Å². The van der Waals surface area contributed by atoms with Crippen LogP contribution in [0.15, 0.2) is 224 Å². The van der Waals surface area contributed by atoms with Gasteiger partial charge in [-0.15, -0.1) is 0 Å². The van der Waals surface area contributed by atoms with Gasteiger partial charge in [-0.05, 0) is 109 Å². The molecule has 0 bridgehead atoms. The molecule has 13 rings (SSSR count). The Balaban J connectivity index is 0.953. The number of hydrogen-bond acceptors (Lipinski definition) is 3. The van der Waals surface area contributed by atoms with Gasteiger partial charge in [0.05, 0.1) is 16.8 Å². The summed E-state index contributed by atoms with van der Waals surface area (Å²) < 4.78 is 14.1. The Labute approximate surface area is 385 Å². The number of hydrogen-bond donors (Lipinski definition) is 0. The Hall–Kier alpha value is -8.27. The van der Waals surface area contributed by atoms with E-state index in [2.05, 4.69) is 232 Å². The zero-order valence-electron chi connectivity index (χ0n) is 36.6. The highest BCUT2D eigenvalue weighted by Gasteiger charge is 2.47. The SMILES string of the molecule is CC1(C)c2ccccc2-c2ccc(-c3cc(-c4ccccc4)nc(-c4ccccc4-c4cccc5c4Oc4cc6c(cc4O5)-c4ccccc4C6(c4ccccc4)c4ccccc4)c3)cc21. The largest absolute Gasteiger partial charge is 0.449 e. The third-order valence-corrected chi connectivity index (χ3v) is 14.2. The molecule has 2 heterocycles. The number of pyridine rings is 1. The quantitative estimate of drug-likeness (QED) is 0.167. The zero-order chi connectivity index (χ0) is 44.0. The molecule has 0 radical (unpaired) electrons. The van der Waals surface area contributed by atoms with Gasteiger partial charge in [0.1, 0.15) is 0 Å². The average Bonchev–Trinajstić information content (AvgIpc) is 3.79. The molecule has 3 nitrogen and oxygen atoms in total. The van der Waals surface area contributed by atoms with E-state index in [9.17, 15) is 0 Å². The van der Waals surface area contributed by atoms with Crippen molar-refractivity contribution in [3.05, 3.63) is 258 Å². The smallest absolute Gasteiger partial charge is 0.177 e. The highest BCUT2D eigenvalue weighted by atomic mass is 16.6. The third kappa shape index (κ3) is 5.66. The van der Waals surface area contributed by atoms with Crippen LogP contribution in [0.5, 0.6) is 23.0 Å². The number of aromatic nitrogens is 1. The fourth-order valence-electron chi connectivity index (χ4n) is 11.2. The molecule has 0 saturated heterocycles. The fourth-order valence-corrected chi connectivity index (χ4v) is 11.2. The van der Waals surface area contributed by atoms with E-state index >= 15 is 0 Å². The first-order chi connectivity index (χ1) is 32.5. The normalized spacial score (nSPS) is 14.1. The average molecular weight is 846 g/mol. The summed E-state index contributed by atoms with van der Waals surface area (Å²) in [4.78, 5) is 5.43. The van der Waals surface area contributed by atoms with Crippen LogP contribution in [0.1, 0.15) is 47.2 Å². The molecule has 3 aliphatic rings. The van der Waals surface area contributed by atoms with Gasteiger partial charge in [0, 0.05) is 22.1 Å². The van der Waals surface area contributed by atoms with Crippen LogP contribution >= 0.6 is 0 Å². The second kappa shape index (κ2) is 14.6. The van der Waals surface area contributed by atoms with Crippen LogP contribution in [0, 0.1) is 0 Å². The van der Waals surface area contributed by atoms with Crippen molar-refractivity contribution in [1.82, 2.24) is 4.98 Å². The molecule has 0 unspecified atom stereocenters. The van der Waals surface area contributed by atoms with Gasteiger partial charge in [-0.3, -0.25) is 0 Å². The highest BCUT2D eigenvalue weighted by Crippen LogP contribution is 2.60. The van der Waals surface area contributed by atoms with E-state index in [1.165, 1.54) is 44.5 Å². The Bertz CT molecular complexity index is 3520. The lowest BCUT2D eigenvalue weighted by Crippen LogP contribution is -2.28. The number of para-hydroxylation sites is 1. The Morgan fingerprint density at radius 2 is 0.879 bits per heavy atom. The molecule has 9 aromatic carbocycles. The van der Waals surface area contributed by atoms with Crippen LogP contribution < -0.4 is 9.47 Å². The van der Waals surface area contributed by atoms with Crippen LogP contribution in [-0.4, -0.2) is 4.98 Å². The lowest BCUT2D eigenvalue weighted by atomic mass is 9.67. The van der Waals surface area contributed by atoms with Crippen molar-refractivity contribution in [3.63, 3.8) is 0 Å². The molecule has 66 heavy (non-hydrogen) atoms. The van der Waals surface area contributed by atoms with Gasteiger partial charge in [-0.25, -0.2) is 4.98 Å². The van der Waals surface area contributed by atoms with E-state index < -0.39 is 5.41 Å². The van der Waals surface area contributed by atoms with Gasteiger partial charge in [0.15, 0.2) is 23.0 Å². The van der Waals surface area contributed by atoms with Crippen molar-refractivity contribution in [2.75, 3.05) is 0 Å². The molecule has 1 aliphatic heterocycles. The molecule has 3 heteroatoms. The summed E-state index contributed by atoms with van der Waals surface area (Å²) in [5, 5.41) is 0. The maximum atomic E-state index is 7.17. The van der Waals surface area contributed by atoms with Gasteiger partial charge in [0.25, 0.3) is 0 Å². The first kappa shape index (κ1) is 38.2. The van der Waals surface area contributed by atoms with Crippen molar-refractivity contribution >= 4 is 0 Å². The van der Waals surface area contributed by atoms with Gasteiger partial charge >= 0.3 is 0 Å². The number of nitrogens with zero attached hydrogens (tertiary/aromatic N) is 1. The molecular weight excluding hydrogens is 803 g/mol. The summed E-state index contributed by atoms with van der Waals surface area (Å²) in [5.41, 5.74) is 19.9. The van der Waals surface area contributed by atoms with E-state index in [1.807, 2.05) is 6.07 Å². The third-order valence-electron chi connectivity index (χ3n) is 14.2. The summed E-state index contributed by atoms with van der Waals surface area (Å²) in [6, 6.07) is 80.4. The second-order valence-electron chi connectivity index (χ2n) is 18.2. The summed E-state index contributed by atoms with van der Waals surface area (Å²) in [6.45, 7) is 4.68.